The molecule has 0 aromatic carbocycles. The van der Waals surface area contributed by atoms with Gasteiger partial charge in [-0.05, 0) is 12.8 Å². The van der Waals surface area contributed by atoms with E-state index in [1.807, 2.05) is 0 Å². The fourth-order valence-electron chi connectivity index (χ4n) is 2.76. The molecule has 2 fully saturated rings. The highest BCUT2D eigenvalue weighted by molar-refractivity contribution is 5.32. The van der Waals surface area contributed by atoms with Crippen LogP contribution in [0.2, 0.25) is 0 Å². The summed E-state index contributed by atoms with van der Waals surface area (Å²) in [6.07, 6.45) is 6.01. The van der Waals surface area contributed by atoms with E-state index in [-0.39, 0.29) is 6.04 Å². The molecule has 1 aromatic rings. The number of nitriles is 1. The third-order valence-corrected chi connectivity index (χ3v) is 3.90. The zero-order valence-corrected chi connectivity index (χ0v) is 11.5. The van der Waals surface area contributed by atoms with Crippen molar-refractivity contribution in [2.45, 2.75) is 18.9 Å². The zero-order chi connectivity index (χ0) is 13.8. The van der Waals surface area contributed by atoms with Gasteiger partial charge in [0, 0.05) is 44.1 Å². The van der Waals surface area contributed by atoms with Gasteiger partial charge in [0.1, 0.15) is 6.04 Å². The Balaban J connectivity index is 1.73. The van der Waals surface area contributed by atoms with Crippen LogP contribution in [0, 0.1) is 11.3 Å². The molecule has 0 saturated carbocycles. The molecule has 2 saturated heterocycles. The van der Waals surface area contributed by atoms with E-state index in [4.69, 9.17) is 4.74 Å². The van der Waals surface area contributed by atoms with Gasteiger partial charge in [-0.1, -0.05) is 0 Å². The van der Waals surface area contributed by atoms with E-state index in [2.05, 4.69) is 25.8 Å². The van der Waals surface area contributed by atoms with Crippen molar-refractivity contribution < 1.29 is 4.74 Å². The predicted molar refractivity (Wildman–Crippen MR) is 74.2 cm³/mol. The van der Waals surface area contributed by atoms with E-state index in [0.717, 1.165) is 37.7 Å². The predicted octanol–water partition coefficient (Wildman–Crippen LogP) is 0.974. The van der Waals surface area contributed by atoms with Crippen LogP contribution < -0.4 is 4.90 Å². The van der Waals surface area contributed by atoms with Crippen LogP contribution in [-0.2, 0) is 4.74 Å². The molecule has 2 aliphatic rings. The first-order chi connectivity index (χ1) is 9.88. The van der Waals surface area contributed by atoms with Crippen LogP contribution in [0.25, 0.3) is 0 Å². The van der Waals surface area contributed by atoms with Crippen LogP contribution in [-0.4, -0.2) is 54.3 Å². The smallest absolute Gasteiger partial charge is 0.225 e. The molecule has 0 aliphatic carbocycles. The van der Waals surface area contributed by atoms with Crippen LogP contribution in [0.4, 0.5) is 5.95 Å². The minimum atomic E-state index is -0.272. The Morgan fingerprint density at radius 3 is 2.35 bits per heavy atom. The third-order valence-electron chi connectivity index (χ3n) is 3.90. The topological polar surface area (TPSA) is 65.3 Å². The fraction of sp³-hybridized carbons (Fsp3) is 0.643. The number of hydrogen-bond acceptors (Lipinski definition) is 6. The second-order valence-corrected chi connectivity index (χ2v) is 5.19. The quantitative estimate of drug-likeness (QED) is 0.817. The van der Waals surface area contributed by atoms with Gasteiger partial charge in [0.2, 0.25) is 5.95 Å². The first-order valence-corrected chi connectivity index (χ1v) is 7.17. The second-order valence-electron chi connectivity index (χ2n) is 5.19. The number of anilines is 1. The van der Waals surface area contributed by atoms with Crippen molar-refractivity contribution in [3.8, 4) is 6.07 Å². The SMILES string of the molecule is N#CC(c1cnc(N2CCCC2)nc1)N1CCOCC1. The maximum atomic E-state index is 9.41. The monoisotopic (exact) mass is 273 g/mol. The lowest BCUT2D eigenvalue weighted by Crippen LogP contribution is -2.38. The highest BCUT2D eigenvalue weighted by Crippen LogP contribution is 2.22. The summed E-state index contributed by atoms with van der Waals surface area (Å²) in [6.45, 7) is 5.00. The number of ether oxygens (including phenoxy) is 1. The van der Waals surface area contributed by atoms with Gasteiger partial charge in [0.05, 0.1) is 19.3 Å². The molecule has 3 rings (SSSR count). The van der Waals surface area contributed by atoms with Gasteiger partial charge >= 0.3 is 0 Å². The number of hydrogen-bond donors (Lipinski definition) is 0. The van der Waals surface area contributed by atoms with E-state index in [1.54, 1.807) is 12.4 Å². The van der Waals surface area contributed by atoms with Gasteiger partial charge in [-0.2, -0.15) is 5.26 Å². The van der Waals surface area contributed by atoms with E-state index >= 15 is 0 Å². The third kappa shape index (κ3) is 2.74. The van der Waals surface area contributed by atoms with Gasteiger partial charge in [-0.3, -0.25) is 4.90 Å². The van der Waals surface area contributed by atoms with E-state index in [0.29, 0.717) is 13.2 Å². The maximum absolute atomic E-state index is 9.41. The summed E-state index contributed by atoms with van der Waals surface area (Å²) in [5, 5.41) is 9.41. The first-order valence-electron chi connectivity index (χ1n) is 7.17. The summed E-state index contributed by atoms with van der Waals surface area (Å²) in [7, 11) is 0. The lowest BCUT2D eigenvalue weighted by Gasteiger charge is -2.30. The van der Waals surface area contributed by atoms with Gasteiger partial charge in [-0.25, -0.2) is 9.97 Å². The van der Waals surface area contributed by atoms with Gasteiger partial charge in [0.25, 0.3) is 0 Å². The van der Waals surface area contributed by atoms with Crippen LogP contribution in [0.3, 0.4) is 0 Å². The Kier molecular flexibility index (Phi) is 4.09. The van der Waals surface area contributed by atoms with E-state index < -0.39 is 0 Å². The van der Waals surface area contributed by atoms with Crippen molar-refractivity contribution in [3.05, 3.63) is 18.0 Å². The maximum Gasteiger partial charge on any atom is 0.225 e. The molecule has 1 unspecified atom stereocenters. The summed E-state index contributed by atoms with van der Waals surface area (Å²) in [5.74, 6) is 0.782. The largest absolute Gasteiger partial charge is 0.379 e. The number of nitrogens with zero attached hydrogens (tertiary/aromatic N) is 5. The van der Waals surface area contributed by atoms with Crippen molar-refractivity contribution >= 4 is 5.95 Å². The molecule has 6 nitrogen and oxygen atoms in total. The Morgan fingerprint density at radius 1 is 1.10 bits per heavy atom. The first kappa shape index (κ1) is 13.3. The fourth-order valence-corrected chi connectivity index (χ4v) is 2.76. The average molecular weight is 273 g/mol. The average Bonchev–Trinajstić information content (AvgIpc) is 3.04. The molecule has 1 aromatic heterocycles. The molecule has 1 atom stereocenters. The standard InChI is InChI=1S/C14H19N5O/c15-9-13(18-5-7-20-8-6-18)12-10-16-14(17-11-12)19-3-1-2-4-19/h10-11,13H,1-8H2. The Labute approximate surface area is 119 Å². The summed E-state index contributed by atoms with van der Waals surface area (Å²) in [6, 6.07) is 2.08. The number of morpholine rings is 1. The van der Waals surface area contributed by atoms with E-state index in [9.17, 15) is 5.26 Å². The van der Waals surface area contributed by atoms with Crippen molar-refractivity contribution in [3.63, 3.8) is 0 Å². The molecule has 0 N–H and O–H groups in total. The summed E-state index contributed by atoms with van der Waals surface area (Å²) in [4.78, 5) is 13.2. The van der Waals surface area contributed by atoms with Crippen molar-refractivity contribution in [1.29, 1.82) is 5.26 Å². The molecular weight excluding hydrogens is 254 g/mol. The van der Waals surface area contributed by atoms with Crippen molar-refractivity contribution in [2.24, 2.45) is 0 Å². The molecule has 106 valence electrons. The summed E-state index contributed by atoms with van der Waals surface area (Å²) < 4.78 is 5.33. The van der Waals surface area contributed by atoms with Crippen LogP contribution in [0.5, 0.6) is 0 Å². The molecule has 0 amide bonds. The molecule has 6 heteroatoms. The lowest BCUT2D eigenvalue weighted by atomic mass is 10.1. The highest BCUT2D eigenvalue weighted by atomic mass is 16.5. The van der Waals surface area contributed by atoms with Crippen molar-refractivity contribution in [2.75, 3.05) is 44.3 Å². The van der Waals surface area contributed by atoms with E-state index in [1.165, 1.54) is 12.8 Å². The Morgan fingerprint density at radius 2 is 1.75 bits per heavy atom. The molecule has 3 heterocycles. The lowest BCUT2D eigenvalue weighted by molar-refractivity contribution is 0.0265. The molecule has 0 radical (unpaired) electrons. The van der Waals surface area contributed by atoms with Crippen LogP contribution >= 0.6 is 0 Å². The molecule has 20 heavy (non-hydrogen) atoms. The zero-order valence-electron chi connectivity index (χ0n) is 11.5. The molecule has 2 aliphatic heterocycles. The van der Waals surface area contributed by atoms with Gasteiger partial charge < -0.3 is 9.64 Å². The minimum Gasteiger partial charge on any atom is -0.379 e. The summed E-state index contributed by atoms with van der Waals surface area (Å²) >= 11 is 0. The normalized spacial score (nSPS) is 21.6. The Bertz CT molecular complexity index is 471. The van der Waals surface area contributed by atoms with Crippen molar-refractivity contribution in [1.82, 2.24) is 14.9 Å². The number of aromatic nitrogens is 2. The summed E-state index contributed by atoms with van der Waals surface area (Å²) in [5.41, 5.74) is 0.873. The van der Waals surface area contributed by atoms with Gasteiger partial charge in [0.15, 0.2) is 0 Å². The minimum absolute atomic E-state index is 0.272. The molecular formula is C14H19N5O. The van der Waals surface area contributed by atoms with Crippen LogP contribution in [0.15, 0.2) is 12.4 Å². The second kappa shape index (κ2) is 6.16. The molecule has 0 spiro atoms. The molecule has 0 bridgehead atoms. The van der Waals surface area contributed by atoms with Crippen LogP contribution in [0.1, 0.15) is 24.4 Å². The Hall–Kier alpha value is -1.71. The van der Waals surface area contributed by atoms with Gasteiger partial charge in [-0.15, -0.1) is 0 Å². The number of rotatable bonds is 3. The highest BCUT2D eigenvalue weighted by Gasteiger charge is 2.23.